The predicted molar refractivity (Wildman–Crippen MR) is 53.8 cm³/mol. The minimum atomic E-state index is 0.511. The first kappa shape index (κ1) is 9.47. The second kappa shape index (κ2) is 4.43. The van der Waals surface area contributed by atoms with E-state index in [1.54, 1.807) is 0 Å². The van der Waals surface area contributed by atoms with Crippen LogP contribution in [0.15, 0.2) is 0 Å². The van der Waals surface area contributed by atoms with Gasteiger partial charge in [0.1, 0.15) is 0 Å². The zero-order chi connectivity index (χ0) is 9.10. The summed E-state index contributed by atoms with van der Waals surface area (Å²) < 4.78 is 5.84. The van der Waals surface area contributed by atoms with Crippen molar-refractivity contribution in [2.45, 2.75) is 51.2 Å². The van der Waals surface area contributed by atoms with E-state index >= 15 is 0 Å². The third kappa shape index (κ3) is 2.96. The van der Waals surface area contributed by atoms with Crippen LogP contribution in [0, 0.1) is 5.92 Å². The van der Waals surface area contributed by atoms with Crippen LogP contribution in [0.1, 0.15) is 39.0 Å². The smallest absolute Gasteiger partial charge is 0.0714 e. The molecule has 0 bridgehead atoms. The van der Waals surface area contributed by atoms with E-state index in [0.29, 0.717) is 6.10 Å². The Morgan fingerprint density at radius 1 is 1.38 bits per heavy atom. The molecule has 2 nitrogen and oxygen atoms in total. The second-order valence-corrected chi connectivity index (χ2v) is 4.53. The Kier molecular flexibility index (Phi) is 3.23. The Hall–Kier alpha value is -0.0800. The minimum Gasteiger partial charge on any atom is -0.377 e. The van der Waals surface area contributed by atoms with Crippen LogP contribution < -0.4 is 5.32 Å². The molecule has 0 radical (unpaired) electrons. The minimum absolute atomic E-state index is 0.511. The van der Waals surface area contributed by atoms with Gasteiger partial charge in [-0.2, -0.15) is 0 Å². The Labute approximate surface area is 81.0 Å². The number of ether oxygens (including phenoxy) is 1. The molecule has 0 spiro atoms. The van der Waals surface area contributed by atoms with Gasteiger partial charge in [-0.05, 0) is 31.6 Å². The highest BCUT2D eigenvalue weighted by molar-refractivity contribution is 4.83. The monoisotopic (exact) mass is 183 g/mol. The van der Waals surface area contributed by atoms with Crippen molar-refractivity contribution in [2.75, 3.05) is 13.2 Å². The SMILES string of the molecule is CCCC1CC(OCC2CC2)CN1. The largest absolute Gasteiger partial charge is 0.377 e. The summed E-state index contributed by atoms with van der Waals surface area (Å²) in [7, 11) is 0. The van der Waals surface area contributed by atoms with Crippen molar-refractivity contribution in [3.05, 3.63) is 0 Å². The van der Waals surface area contributed by atoms with Crippen LogP contribution in [0.25, 0.3) is 0 Å². The van der Waals surface area contributed by atoms with Crippen molar-refractivity contribution in [3.63, 3.8) is 0 Å². The molecule has 1 saturated heterocycles. The van der Waals surface area contributed by atoms with Gasteiger partial charge in [0.25, 0.3) is 0 Å². The number of nitrogens with one attached hydrogen (secondary N) is 1. The van der Waals surface area contributed by atoms with Gasteiger partial charge in [0.2, 0.25) is 0 Å². The van der Waals surface area contributed by atoms with Gasteiger partial charge in [-0.1, -0.05) is 13.3 Å². The van der Waals surface area contributed by atoms with Gasteiger partial charge in [0, 0.05) is 19.2 Å². The summed E-state index contributed by atoms with van der Waals surface area (Å²) >= 11 is 0. The summed E-state index contributed by atoms with van der Waals surface area (Å²) in [4.78, 5) is 0. The fourth-order valence-corrected chi connectivity index (χ4v) is 2.03. The molecule has 2 rings (SSSR count). The molecule has 0 amide bonds. The molecule has 1 N–H and O–H groups in total. The molecule has 13 heavy (non-hydrogen) atoms. The standard InChI is InChI=1S/C11H21NO/c1-2-3-10-6-11(7-12-10)13-8-9-4-5-9/h9-12H,2-8H2,1H3. The maximum absolute atomic E-state index is 5.84. The Balaban J connectivity index is 1.59. The maximum atomic E-state index is 5.84. The van der Waals surface area contributed by atoms with Gasteiger partial charge < -0.3 is 10.1 Å². The molecule has 0 aromatic rings. The summed E-state index contributed by atoms with van der Waals surface area (Å²) in [6, 6.07) is 0.731. The maximum Gasteiger partial charge on any atom is 0.0714 e. The molecular formula is C11H21NO. The van der Waals surface area contributed by atoms with Crippen molar-refractivity contribution in [1.82, 2.24) is 5.32 Å². The number of hydrogen-bond donors (Lipinski definition) is 1. The number of rotatable bonds is 5. The first-order valence-corrected chi connectivity index (χ1v) is 5.73. The quantitative estimate of drug-likeness (QED) is 0.703. The highest BCUT2D eigenvalue weighted by Crippen LogP contribution is 2.29. The molecule has 0 aromatic carbocycles. The van der Waals surface area contributed by atoms with Gasteiger partial charge in [-0.25, -0.2) is 0 Å². The molecule has 1 heterocycles. The van der Waals surface area contributed by atoms with E-state index in [2.05, 4.69) is 12.2 Å². The van der Waals surface area contributed by atoms with E-state index in [4.69, 9.17) is 4.74 Å². The lowest BCUT2D eigenvalue weighted by atomic mass is 10.1. The van der Waals surface area contributed by atoms with Crippen molar-refractivity contribution >= 4 is 0 Å². The first-order chi connectivity index (χ1) is 6.38. The molecule has 2 aliphatic rings. The third-order valence-corrected chi connectivity index (χ3v) is 3.08. The van der Waals surface area contributed by atoms with Gasteiger partial charge >= 0.3 is 0 Å². The topological polar surface area (TPSA) is 21.3 Å². The van der Waals surface area contributed by atoms with Crippen molar-refractivity contribution in [3.8, 4) is 0 Å². The number of hydrogen-bond acceptors (Lipinski definition) is 2. The molecule has 76 valence electrons. The molecule has 2 fully saturated rings. The average molecular weight is 183 g/mol. The Bertz CT molecular complexity index is 156. The van der Waals surface area contributed by atoms with Crippen molar-refractivity contribution in [2.24, 2.45) is 5.92 Å². The summed E-state index contributed by atoms with van der Waals surface area (Å²) in [6.07, 6.45) is 7.14. The van der Waals surface area contributed by atoms with E-state index in [9.17, 15) is 0 Å². The van der Waals surface area contributed by atoms with E-state index in [1.165, 1.54) is 32.1 Å². The highest BCUT2D eigenvalue weighted by atomic mass is 16.5. The van der Waals surface area contributed by atoms with Crippen molar-refractivity contribution in [1.29, 1.82) is 0 Å². The van der Waals surface area contributed by atoms with Crippen LogP contribution in [0.2, 0.25) is 0 Å². The lowest BCUT2D eigenvalue weighted by Crippen LogP contribution is -2.21. The molecule has 1 saturated carbocycles. The van der Waals surface area contributed by atoms with Crippen LogP contribution in [-0.4, -0.2) is 25.3 Å². The average Bonchev–Trinajstić information content (AvgIpc) is 2.85. The fourth-order valence-electron chi connectivity index (χ4n) is 2.03. The van der Waals surface area contributed by atoms with Crippen LogP contribution in [0.5, 0.6) is 0 Å². The lowest BCUT2D eigenvalue weighted by Gasteiger charge is -2.10. The molecule has 1 aliphatic heterocycles. The first-order valence-electron chi connectivity index (χ1n) is 5.73. The van der Waals surface area contributed by atoms with Gasteiger partial charge in [-0.15, -0.1) is 0 Å². The third-order valence-electron chi connectivity index (χ3n) is 3.08. The summed E-state index contributed by atoms with van der Waals surface area (Å²) in [5.41, 5.74) is 0. The van der Waals surface area contributed by atoms with Gasteiger partial charge in [0.05, 0.1) is 6.10 Å². The van der Waals surface area contributed by atoms with E-state index in [1.807, 2.05) is 0 Å². The van der Waals surface area contributed by atoms with Crippen LogP contribution in [0.3, 0.4) is 0 Å². The van der Waals surface area contributed by atoms with E-state index in [0.717, 1.165) is 25.1 Å². The molecule has 2 heteroatoms. The van der Waals surface area contributed by atoms with Crippen LogP contribution in [-0.2, 0) is 4.74 Å². The van der Waals surface area contributed by atoms with Gasteiger partial charge in [-0.3, -0.25) is 0 Å². The molecule has 2 atom stereocenters. The molecule has 0 aromatic heterocycles. The van der Waals surface area contributed by atoms with E-state index < -0.39 is 0 Å². The Morgan fingerprint density at radius 3 is 2.92 bits per heavy atom. The fraction of sp³-hybridized carbons (Fsp3) is 1.00. The lowest BCUT2D eigenvalue weighted by molar-refractivity contribution is 0.0576. The zero-order valence-corrected chi connectivity index (χ0v) is 8.59. The summed E-state index contributed by atoms with van der Waals surface area (Å²) in [5.74, 6) is 0.908. The van der Waals surface area contributed by atoms with Gasteiger partial charge in [0.15, 0.2) is 0 Å². The summed E-state index contributed by atoms with van der Waals surface area (Å²) in [6.45, 7) is 4.35. The van der Waals surface area contributed by atoms with Crippen molar-refractivity contribution < 1.29 is 4.74 Å². The molecular weight excluding hydrogens is 162 g/mol. The van der Waals surface area contributed by atoms with E-state index in [-0.39, 0.29) is 0 Å². The normalized spacial score (nSPS) is 33.9. The van der Waals surface area contributed by atoms with Crippen LogP contribution >= 0.6 is 0 Å². The zero-order valence-electron chi connectivity index (χ0n) is 8.59. The molecule has 2 unspecified atom stereocenters. The predicted octanol–water partition coefficient (Wildman–Crippen LogP) is 1.94. The molecule has 1 aliphatic carbocycles. The highest BCUT2D eigenvalue weighted by Gasteiger charge is 2.27. The second-order valence-electron chi connectivity index (χ2n) is 4.53. The van der Waals surface area contributed by atoms with Crippen LogP contribution in [0.4, 0.5) is 0 Å². The Morgan fingerprint density at radius 2 is 2.23 bits per heavy atom. The summed E-state index contributed by atoms with van der Waals surface area (Å²) in [5, 5.41) is 3.53.